The van der Waals surface area contributed by atoms with Crippen molar-refractivity contribution in [3.05, 3.63) is 81.5 Å². The van der Waals surface area contributed by atoms with Gasteiger partial charge in [-0.25, -0.2) is 4.39 Å². The van der Waals surface area contributed by atoms with Crippen LogP contribution in [0, 0.1) is 5.82 Å². The average Bonchev–Trinajstić information content (AvgIpc) is 3.04. The van der Waals surface area contributed by atoms with Gasteiger partial charge < -0.3 is 14.2 Å². The molecule has 0 unspecified atom stereocenters. The standard InChI is InChI=1S/C24H25FN2O3/c1-3-26(4-2)14-9-15-27-21(16-10-5-7-12-18(16)25)20-22(28)17-11-6-8-13-19(17)30-23(20)24(27)29/h5-8,10-13,21H,3-4,9,14-15H2,1-2H3/p+1/t21-/m0/s1. The van der Waals surface area contributed by atoms with Gasteiger partial charge in [0.15, 0.2) is 5.43 Å². The van der Waals surface area contributed by atoms with Crippen molar-refractivity contribution in [2.24, 2.45) is 0 Å². The molecule has 0 saturated heterocycles. The van der Waals surface area contributed by atoms with Crippen molar-refractivity contribution in [2.75, 3.05) is 26.2 Å². The number of benzene rings is 2. The van der Waals surface area contributed by atoms with E-state index in [-0.39, 0.29) is 22.7 Å². The third kappa shape index (κ3) is 3.41. The number of carbonyl (C=O) groups is 1. The van der Waals surface area contributed by atoms with Gasteiger partial charge in [-0.2, -0.15) is 0 Å². The Morgan fingerprint density at radius 3 is 2.47 bits per heavy atom. The largest absolute Gasteiger partial charge is 0.450 e. The molecule has 0 bridgehead atoms. The van der Waals surface area contributed by atoms with Crippen molar-refractivity contribution >= 4 is 16.9 Å². The van der Waals surface area contributed by atoms with E-state index in [4.69, 9.17) is 4.42 Å². The molecule has 1 aliphatic heterocycles. The van der Waals surface area contributed by atoms with Crippen LogP contribution in [0.2, 0.25) is 0 Å². The van der Waals surface area contributed by atoms with E-state index in [2.05, 4.69) is 13.8 Å². The molecule has 6 heteroatoms. The van der Waals surface area contributed by atoms with Crippen LogP contribution in [0.4, 0.5) is 4.39 Å². The average molecular weight is 409 g/mol. The summed E-state index contributed by atoms with van der Waals surface area (Å²) in [6.45, 7) is 7.61. The zero-order valence-corrected chi connectivity index (χ0v) is 17.3. The van der Waals surface area contributed by atoms with Crippen LogP contribution < -0.4 is 10.3 Å². The molecule has 1 amide bonds. The quantitative estimate of drug-likeness (QED) is 0.653. The fourth-order valence-corrected chi connectivity index (χ4v) is 4.32. The molecule has 0 fully saturated rings. The highest BCUT2D eigenvalue weighted by Crippen LogP contribution is 2.38. The third-order valence-corrected chi connectivity index (χ3v) is 6.00. The molecule has 0 spiro atoms. The molecule has 2 heterocycles. The number of fused-ring (bicyclic) bond motifs is 2. The minimum Gasteiger partial charge on any atom is -0.450 e. The molecule has 1 N–H and O–H groups in total. The number of nitrogens with zero attached hydrogens (tertiary/aromatic N) is 1. The van der Waals surface area contributed by atoms with Crippen LogP contribution in [0.1, 0.15) is 48.0 Å². The number of hydrogen-bond donors (Lipinski definition) is 1. The van der Waals surface area contributed by atoms with Crippen molar-refractivity contribution in [1.82, 2.24) is 4.90 Å². The van der Waals surface area contributed by atoms with Gasteiger partial charge in [-0.3, -0.25) is 9.59 Å². The third-order valence-electron chi connectivity index (χ3n) is 6.00. The van der Waals surface area contributed by atoms with Crippen LogP contribution >= 0.6 is 0 Å². The van der Waals surface area contributed by atoms with Gasteiger partial charge in [0.1, 0.15) is 11.4 Å². The van der Waals surface area contributed by atoms with Crippen LogP contribution in [-0.2, 0) is 0 Å². The zero-order valence-electron chi connectivity index (χ0n) is 17.3. The maximum Gasteiger partial charge on any atom is 0.290 e. The lowest BCUT2D eigenvalue weighted by Crippen LogP contribution is -3.11. The molecule has 4 rings (SSSR count). The number of nitrogens with one attached hydrogen (secondary N) is 1. The fraction of sp³-hybridized carbons (Fsp3) is 0.333. The summed E-state index contributed by atoms with van der Waals surface area (Å²) in [5.41, 5.74) is 0.656. The molecular weight excluding hydrogens is 383 g/mol. The lowest BCUT2D eigenvalue weighted by atomic mass is 9.98. The van der Waals surface area contributed by atoms with E-state index in [1.54, 1.807) is 47.4 Å². The Morgan fingerprint density at radius 2 is 1.73 bits per heavy atom. The van der Waals surface area contributed by atoms with Crippen molar-refractivity contribution in [3.63, 3.8) is 0 Å². The number of amides is 1. The second kappa shape index (κ2) is 8.40. The molecule has 2 aromatic carbocycles. The molecule has 30 heavy (non-hydrogen) atoms. The molecule has 1 atom stereocenters. The molecule has 1 aromatic heterocycles. The predicted molar refractivity (Wildman–Crippen MR) is 113 cm³/mol. The van der Waals surface area contributed by atoms with E-state index >= 15 is 0 Å². The van der Waals surface area contributed by atoms with Crippen LogP contribution in [-0.4, -0.2) is 37.0 Å². The van der Waals surface area contributed by atoms with E-state index in [0.717, 1.165) is 26.1 Å². The van der Waals surface area contributed by atoms with Crippen LogP contribution in [0.3, 0.4) is 0 Å². The molecule has 0 saturated carbocycles. The van der Waals surface area contributed by atoms with E-state index in [1.165, 1.54) is 11.0 Å². The van der Waals surface area contributed by atoms with Crippen molar-refractivity contribution in [2.45, 2.75) is 26.3 Å². The second-order valence-corrected chi connectivity index (χ2v) is 7.65. The SMILES string of the molecule is CC[NH+](CC)CCCN1C(=O)c2oc3ccccc3c(=O)c2[C@@H]1c1ccccc1F. The topological polar surface area (TPSA) is 55.0 Å². The van der Waals surface area contributed by atoms with Gasteiger partial charge in [0, 0.05) is 18.5 Å². The van der Waals surface area contributed by atoms with Crippen LogP contribution in [0.5, 0.6) is 0 Å². The van der Waals surface area contributed by atoms with Gasteiger partial charge in [0.25, 0.3) is 5.91 Å². The summed E-state index contributed by atoms with van der Waals surface area (Å²) < 4.78 is 20.6. The van der Waals surface area contributed by atoms with E-state index in [0.29, 0.717) is 23.1 Å². The smallest absolute Gasteiger partial charge is 0.290 e. The summed E-state index contributed by atoms with van der Waals surface area (Å²) >= 11 is 0. The Hall–Kier alpha value is -2.99. The van der Waals surface area contributed by atoms with E-state index < -0.39 is 11.9 Å². The first-order chi connectivity index (χ1) is 14.6. The number of halogens is 1. The van der Waals surface area contributed by atoms with Crippen molar-refractivity contribution in [1.29, 1.82) is 0 Å². The zero-order chi connectivity index (χ0) is 21.3. The summed E-state index contributed by atoms with van der Waals surface area (Å²) in [6, 6.07) is 12.4. The molecule has 156 valence electrons. The van der Waals surface area contributed by atoms with Gasteiger partial charge in [-0.1, -0.05) is 30.3 Å². The highest BCUT2D eigenvalue weighted by Gasteiger charge is 2.43. The maximum atomic E-state index is 14.8. The van der Waals surface area contributed by atoms with E-state index in [1.807, 2.05) is 0 Å². The monoisotopic (exact) mass is 409 g/mol. The van der Waals surface area contributed by atoms with Gasteiger partial charge >= 0.3 is 0 Å². The van der Waals surface area contributed by atoms with Crippen LogP contribution in [0.25, 0.3) is 11.0 Å². The van der Waals surface area contributed by atoms with Crippen molar-refractivity contribution in [3.8, 4) is 0 Å². The first-order valence-corrected chi connectivity index (χ1v) is 10.5. The second-order valence-electron chi connectivity index (χ2n) is 7.65. The minimum atomic E-state index is -0.777. The molecular formula is C24H26FN2O3+. The van der Waals surface area contributed by atoms with Gasteiger partial charge in [-0.15, -0.1) is 0 Å². The molecule has 0 aliphatic carbocycles. The predicted octanol–water partition coefficient (Wildman–Crippen LogP) is 2.79. The highest BCUT2D eigenvalue weighted by molar-refractivity contribution is 5.99. The van der Waals surface area contributed by atoms with Crippen LogP contribution in [0.15, 0.2) is 57.7 Å². The lowest BCUT2D eigenvalue weighted by Gasteiger charge is -2.26. The minimum absolute atomic E-state index is 0.0298. The maximum absolute atomic E-state index is 14.8. The van der Waals surface area contributed by atoms with Gasteiger partial charge in [0.2, 0.25) is 5.76 Å². The number of rotatable bonds is 7. The molecule has 0 radical (unpaired) electrons. The Kier molecular flexibility index (Phi) is 5.68. The molecule has 1 aliphatic rings. The number of carbonyl (C=O) groups excluding carboxylic acids is 1. The molecule has 3 aromatic rings. The van der Waals surface area contributed by atoms with Gasteiger partial charge in [0.05, 0.1) is 36.6 Å². The summed E-state index contributed by atoms with van der Waals surface area (Å²) in [4.78, 5) is 29.6. The van der Waals surface area contributed by atoms with Gasteiger partial charge in [-0.05, 0) is 32.0 Å². The Balaban J connectivity index is 1.80. The Labute approximate surface area is 174 Å². The molecule has 5 nitrogen and oxygen atoms in total. The number of hydrogen-bond acceptors (Lipinski definition) is 3. The summed E-state index contributed by atoms with van der Waals surface area (Å²) in [5.74, 6) is -0.757. The Morgan fingerprint density at radius 1 is 1.03 bits per heavy atom. The fourth-order valence-electron chi connectivity index (χ4n) is 4.32. The first-order valence-electron chi connectivity index (χ1n) is 10.5. The Bertz CT molecular complexity index is 1140. The summed E-state index contributed by atoms with van der Waals surface area (Å²) in [6.07, 6.45) is 0.759. The van der Waals surface area contributed by atoms with E-state index in [9.17, 15) is 14.0 Å². The number of quaternary nitrogens is 1. The van der Waals surface area contributed by atoms with Crippen molar-refractivity contribution < 1.29 is 18.5 Å². The normalized spacial score (nSPS) is 15.9. The highest BCUT2D eigenvalue weighted by atomic mass is 19.1. The lowest BCUT2D eigenvalue weighted by molar-refractivity contribution is -0.896. The number of para-hydroxylation sites is 1. The summed E-state index contributed by atoms with van der Waals surface area (Å²) in [5, 5.41) is 0.403. The first kappa shape index (κ1) is 20.3. The summed E-state index contributed by atoms with van der Waals surface area (Å²) in [7, 11) is 0.